The van der Waals surface area contributed by atoms with Crippen molar-refractivity contribution in [2.75, 3.05) is 0 Å². The van der Waals surface area contributed by atoms with Crippen LogP contribution in [0, 0.1) is 24.2 Å². The van der Waals surface area contributed by atoms with E-state index < -0.39 is 0 Å². The third-order valence-corrected chi connectivity index (χ3v) is 4.55. The lowest BCUT2D eigenvalue weighted by molar-refractivity contribution is -0.104. The first-order chi connectivity index (χ1) is 13.3. The fourth-order valence-corrected chi connectivity index (χ4v) is 3.15. The smallest absolute Gasteiger partial charge is 0.142 e. The zero-order chi connectivity index (χ0) is 19.2. The molecule has 0 aromatic heterocycles. The number of carbonyl (C=O) groups is 1. The minimum atomic E-state index is 0.323. The number of aldehydes is 1. The first kappa shape index (κ1) is 20.3. The fraction of sp³-hybridized carbons (Fsp3) is 0.269. The molecule has 1 nitrogen and oxygen atoms in total. The molecule has 0 spiro atoms. The summed E-state index contributed by atoms with van der Waals surface area (Å²) in [6, 6.07) is 21.1. The van der Waals surface area contributed by atoms with Crippen molar-refractivity contribution >= 4 is 6.29 Å². The Bertz CT molecular complexity index is 774. The van der Waals surface area contributed by atoms with Crippen LogP contribution in [0.2, 0.25) is 0 Å². The highest BCUT2D eigenvalue weighted by atomic mass is 16.1. The second-order valence-corrected chi connectivity index (χ2v) is 6.43. The average Bonchev–Trinajstić information content (AvgIpc) is 2.72. The lowest BCUT2D eigenvalue weighted by Gasteiger charge is -2.19. The third kappa shape index (κ3) is 7.39. The van der Waals surface area contributed by atoms with E-state index in [0.717, 1.165) is 44.0 Å². The number of terminal acetylenes is 1. The van der Waals surface area contributed by atoms with E-state index in [1.165, 1.54) is 11.1 Å². The van der Waals surface area contributed by atoms with Crippen LogP contribution in [-0.2, 0) is 4.79 Å². The van der Waals surface area contributed by atoms with Gasteiger partial charge in [-0.25, -0.2) is 0 Å². The van der Waals surface area contributed by atoms with Crippen LogP contribution in [0.1, 0.15) is 55.6 Å². The van der Waals surface area contributed by atoms with Crippen LogP contribution >= 0.6 is 0 Å². The van der Waals surface area contributed by atoms with Crippen LogP contribution in [0.3, 0.4) is 0 Å². The monoisotopic (exact) mass is 354 g/mol. The molecule has 136 valence electrons. The summed E-state index contributed by atoms with van der Waals surface area (Å²) in [5, 5.41) is 0. The van der Waals surface area contributed by atoms with E-state index in [9.17, 15) is 4.79 Å². The summed E-state index contributed by atoms with van der Waals surface area (Å²) < 4.78 is 0. The Morgan fingerprint density at radius 3 is 2.00 bits per heavy atom. The molecule has 27 heavy (non-hydrogen) atoms. The summed E-state index contributed by atoms with van der Waals surface area (Å²) in [5.74, 6) is 9.16. The van der Waals surface area contributed by atoms with Gasteiger partial charge in [0.2, 0.25) is 0 Å². The number of allylic oxidation sites excluding steroid dienone is 2. The van der Waals surface area contributed by atoms with Crippen molar-refractivity contribution in [3.05, 3.63) is 83.4 Å². The highest BCUT2D eigenvalue weighted by Crippen LogP contribution is 2.31. The predicted molar refractivity (Wildman–Crippen MR) is 113 cm³/mol. The summed E-state index contributed by atoms with van der Waals surface area (Å²) in [6.07, 6.45) is 12.7. The van der Waals surface area contributed by atoms with Gasteiger partial charge < -0.3 is 0 Å². The van der Waals surface area contributed by atoms with Gasteiger partial charge in [0, 0.05) is 25.2 Å². The van der Waals surface area contributed by atoms with Gasteiger partial charge in [-0.15, -0.1) is 24.2 Å². The number of hydrogen-bond donors (Lipinski definition) is 0. The van der Waals surface area contributed by atoms with E-state index >= 15 is 0 Å². The van der Waals surface area contributed by atoms with Gasteiger partial charge in [-0.3, -0.25) is 4.79 Å². The van der Waals surface area contributed by atoms with Gasteiger partial charge in [0.1, 0.15) is 6.29 Å². The highest BCUT2D eigenvalue weighted by molar-refractivity contribution is 5.66. The van der Waals surface area contributed by atoms with E-state index in [4.69, 9.17) is 6.42 Å². The van der Waals surface area contributed by atoms with Crippen molar-refractivity contribution in [2.45, 2.75) is 44.4 Å². The molecule has 2 rings (SSSR count). The Labute approximate surface area is 163 Å². The largest absolute Gasteiger partial charge is 0.299 e. The maximum atomic E-state index is 11.0. The molecule has 0 heterocycles. The maximum Gasteiger partial charge on any atom is 0.142 e. The van der Waals surface area contributed by atoms with Crippen molar-refractivity contribution in [1.82, 2.24) is 0 Å². The Hall–Kier alpha value is -3.03. The average molecular weight is 354 g/mol. The molecule has 0 saturated carbocycles. The van der Waals surface area contributed by atoms with Crippen molar-refractivity contribution in [1.29, 1.82) is 0 Å². The molecule has 0 aliphatic carbocycles. The van der Waals surface area contributed by atoms with Crippen LogP contribution in [0.5, 0.6) is 0 Å². The van der Waals surface area contributed by atoms with Crippen LogP contribution < -0.4 is 0 Å². The first-order valence-electron chi connectivity index (χ1n) is 9.47. The number of rotatable bonds is 9. The minimum Gasteiger partial charge on any atom is -0.299 e. The lowest BCUT2D eigenvalue weighted by atomic mass is 9.86. The Kier molecular flexibility index (Phi) is 9.27. The second-order valence-electron chi connectivity index (χ2n) is 6.43. The van der Waals surface area contributed by atoms with Gasteiger partial charge in [-0.05, 0) is 36.5 Å². The SMILES string of the molecule is C#CCCC#CCC/C(=C\C=O)CCC(c1ccccc1)c1ccccc1. The molecule has 0 fully saturated rings. The quantitative estimate of drug-likeness (QED) is 0.236. The second kappa shape index (κ2) is 12.3. The van der Waals surface area contributed by atoms with Gasteiger partial charge in [0.05, 0.1) is 0 Å². The van der Waals surface area contributed by atoms with Crippen molar-refractivity contribution in [2.24, 2.45) is 0 Å². The number of hydrogen-bond acceptors (Lipinski definition) is 1. The van der Waals surface area contributed by atoms with Gasteiger partial charge in [-0.1, -0.05) is 66.2 Å². The minimum absolute atomic E-state index is 0.323. The Morgan fingerprint density at radius 2 is 1.44 bits per heavy atom. The van der Waals surface area contributed by atoms with E-state index in [1.807, 2.05) is 12.1 Å². The van der Waals surface area contributed by atoms with E-state index in [0.29, 0.717) is 12.3 Å². The van der Waals surface area contributed by atoms with Crippen LogP contribution in [0.4, 0.5) is 0 Å². The molecule has 0 aliphatic heterocycles. The highest BCUT2D eigenvalue weighted by Gasteiger charge is 2.14. The van der Waals surface area contributed by atoms with Crippen LogP contribution in [0.25, 0.3) is 0 Å². The van der Waals surface area contributed by atoms with Gasteiger partial charge in [-0.2, -0.15) is 0 Å². The summed E-state index contributed by atoms with van der Waals surface area (Å²) in [7, 11) is 0. The topological polar surface area (TPSA) is 17.1 Å². The molecule has 0 amide bonds. The third-order valence-electron chi connectivity index (χ3n) is 4.55. The lowest BCUT2D eigenvalue weighted by Crippen LogP contribution is -2.02. The van der Waals surface area contributed by atoms with E-state index in [2.05, 4.69) is 66.3 Å². The van der Waals surface area contributed by atoms with Crippen LogP contribution in [0.15, 0.2) is 72.3 Å². The van der Waals surface area contributed by atoms with Gasteiger partial charge in [0.15, 0.2) is 0 Å². The standard InChI is InChI=1S/C26H26O/c1-2-3-4-5-6-9-14-23(21-22-27)19-20-26(24-15-10-7-11-16-24)25-17-12-8-13-18-25/h1,7-8,10-13,15-18,21-22,26H,3-4,9,14,19-20H2/b23-21+. The number of unbranched alkanes of at least 4 members (excludes halogenated alkanes) is 1. The molecule has 0 aliphatic rings. The van der Waals surface area contributed by atoms with Crippen molar-refractivity contribution < 1.29 is 4.79 Å². The molecule has 0 N–H and O–H groups in total. The summed E-state index contributed by atoms with van der Waals surface area (Å²) in [6.45, 7) is 0. The van der Waals surface area contributed by atoms with Gasteiger partial charge in [0.25, 0.3) is 0 Å². The molecule has 0 atom stereocenters. The van der Waals surface area contributed by atoms with E-state index in [-0.39, 0.29) is 0 Å². The van der Waals surface area contributed by atoms with E-state index in [1.54, 1.807) is 6.08 Å². The van der Waals surface area contributed by atoms with Crippen molar-refractivity contribution in [3.8, 4) is 24.2 Å². The molecule has 0 radical (unpaired) electrons. The molecular formula is C26H26O. The number of benzene rings is 2. The fourth-order valence-electron chi connectivity index (χ4n) is 3.15. The van der Waals surface area contributed by atoms with Crippen LogP contribution in [-0.4, -0.2) is 6.29 Å². The Morgan fingerprint density at radius 1 is 0.852 bits per heavy atom. The normalized spacial score (nSPS) is 10.7. The molecule has 0 unspecified atom stereocenters. The Balaban J connectivity index is 2.03. The molecular weight excluding hydrogens is 328 g/mol. The molecule has 0 saturated heterocycles. The molecule has 1 heteroatoms. The zero-order valence-corrected chi connectivity index (χ0v) is 15.7. The first-order valence-corrected chi connectivity index (χ1v) is 9.47. The molecule has 0 bridgehead atoms. The van der Waals surface area contributed by atoms with Crippen molar-refractivity contribution in [3.63, 3.8) is 0 Å². The molecule has 2 aromatic carbocycles. The summed E-state index contributed by atoms with van der Waals surface area (Å²) >= 11 is 0. The summed E-state index contributed by atoms with van der Waals surface area (Å²) in [4.78, 5) is 11.0. The zero-order valence-electron chi connectivity index (χ0n) is 15.7. The molecule has 2 aromatic rings. The maximum absolute atomic E-state index is 11.0. The predicted octanol–water partition coefficient (Wildman–Crippen LogP) is 5.92. The summed E-state index contributed by atoms with van der Waals surface area (Å²) in [5.41, 5.74) is 3.78. The van der Waals surface area contributed by atoms with Gasteiger partial charge >= 0.3 is 0 Å². The number of carbonyl (C=O) groups excluding carboxylic acids is 1.